The first-order chi connectivity index (χ1) is 8.49. The molecule has 0 amide bonds. The number of Topliss-reactive ketones (excluding diaryl/α,β-unsaturated/α-hetero) is 1. The minimum absolute atomic E-state index is 0.0629. The molecule has 0 aliphatic heterocycles. The van der Waals surface area contributed by atoms with Crippen LogP contribution in [0.25, 0.3) is 0 Å². The zero-order valence-electron chi connectivity index (χ0n) is 9.72. The van der Waals surface area contributed by atoms with Gasteiger partial charge in [0, 0.05) is 11.3 Å². The van der Waals surface area contributed by atoms with Crippen LogP contribution in [0.3, 0.4) is 0 Å². The van der Waals surface area contributed by atoms with E-state index >= 15 is 0 Å². The summed E-state index contributed by atoms with van der Waals surface area (Å²) in [6, 6.07) is 5.03. The summed E-state index contributed by atoms with van der Waals surface area (Å²) in [5.41, 5.74) is 0.829. The molecule has 0 heterocycles. The van der Waals surface area contributed by atoms with Crippen molar-refractivity contribution in [1.82, 2.24) is 0 Å². The van der Waals surface area contributed by atoms with Gasteiger partial charge < -0.3 is 10.2 Å². The molecule has 98 valence electrons. The molecule has 0 aliphatic carbocycles. The maximum absolute atomic E-state index is 11.4. The number of aliphatic hydroxyl groups excluding tert-OH is 1. The molecule has 1 rings (SSSR count). The molecule has 1 aromatic carbocycles. The van der Waals surface area contributed by atoms with Gasteiger partial charge in [-0.2, -0.15) is 0 Å². The number of carbonyl (C=O) groups excluding carboxylic acids is 1. The number of rotatable bonds is 6. The lowest BCUT2D eigenvalue weighted by atomic mass is 9.98. The molecule has 0 spiro atoms. The minimum Gasteiger partial charge on any atom is -0.479 e. The number of hydrogen-bond acceptors (Lipinski definition) is 4. The highest BCUT2D eigenvalue weighted by Gasteiger charge is 2.20. The fraction of sp³-hybridized carbons (Fsp3) is 0.333. The van der Waals surface area contributed by atoms with Gasteiger partial charge in [-0.1, -0.05) is 22.0 Å². The molecule has 0 fully saturated rings. The van der Waals surface area contributed by atoms with Gasteiger partial charge in [-0.15, -0.1) is 11.8 Å². The summed E-state index contributed by atoms with van der Waals surface area (Å²) < 4.78 is 0. The van der Waals surface area contributed by atoms with Crippen molar-refractivity contribution in [2.75, 3.05) is 11.6 Å². The summed E-state index contributed by atoms with van der Waals surface area (Å²) in [5.74, 6) is -1.38. The van der Waals surface area contributed by atoms with Crippen LogP contribution in [0.4, 0.5) is 0 Å². The summed E-state index contributed by atoms with van der Waals surface area (Å²) in [7, 11) is 0. The van der Waals surface area contributed by atoms with Crippen LogP contribution in [0.15, 0.2) is 23.1 Å². The third-order valence-corrected chi connectivity index (χ3v) is 3.77. The van der Waals surface area contributed by atoms with E-state index in [1.807, 2.05) is 6.26 Å². The van der Waals surface area contributed by atoms with Crippen molar-refractivity contribution in [2.24, 2.45) is 0 Å². The minimum atomic E-state index is -1.60. The fourth-order valence-corrected chi connectivity index (χ4v) is 2.18. The predicted octanol–water partition coefficient (Wildman–Crippen LogP) is 2.03. The molecule has 6 heteroatoms. The molecule has 0 aromatic heterocycles. The van der Waals surface area contributed by atoms with Crippen molar-refractivity contribution in [3.63, 3.8) is 0 Å². The van der Waals surface area contributed by atoms with Crippen molar-refractivity contribution < 1.29 is 19.8 Å². The van der Waals surface area contributed by atoms with E-state index in [0.717, 1.165) is 4.90 Å². The summed E-state index contributed by atoms with van der Waals surface area (Å²) >= 11 is 4.56. The second-order valence-corrected chi connectivity index (χ2v) is 5.09. The Balaban J connectivity index is 3.15. The molecular formula is C12H13BrO4S. The van der Waals surface area contributed by atoms with Gasteiger partial charge in [0.25, 0.3) is 0 Å². The Hall–Kier alpha value is -0.850. The SMILES string of the molecule is CSc1ccc(C(O)C(=O)O)c(CC(=O)CBr)c1. The summed E-state index contributed by atoms with van der Waals surface area (Å²) in [6.45, 7) is 0. The van der Waals surface area contributed by atoms with Crippen molar-refractivity contribution in [1.29, 1.82) is 0 Å². The number of hydrogen-bond donors (Lipinski definition) is 2. The normalized spacial score (nSPS) is 12.2. The molecule has 1 aromatic rings. The van der Waals surface area contributed by atoms with Crippen LogP contribution in [0.5, 0.6) is 0 Å². The van der Waals surface area contributed by atoms with E-state index in [0.29, 0.717) is 5.56 Å². The predicted molar refractivity (Wildman–Crippen MR) is 73.3 cm³/mol. The lowest BCUT2D eigenvalue weighted by Gasteiger charge is -2.13. The number of benzene rings is 1. The van der Waals surface area contributed by atoms with Gasteiger partial charge >= 0.3 is 5.97 Å². The van der Waals surface area contributed by atoms with E-state index in [1.165, 1.54) is 11.8 Å². The summed E-state index contributed by atoms with van der Waals surface area (Å²) in [4.78, 5) is 23.2. The molecular weight excluding hydrogens is 320 g/mol. The first-order valence-electron chi connectivity index (χ1n) is 5.15. The lowest BCUT2D eigenvalue weighted by molar-refractivity contribution is -0.147. The Bertz CT molecular complexity index is 461. The van der Waals surface area contributed by atoms with E-state index in [1.54, 1.807) is 18.2 Å². The molecule has 0 aliphatic rings. The smallest absolute Gasteiger partial charge is 0.337 e. The molecule has 0 radical (unpaired) electrons. The average Bonchev–Trinajstić information content (AvgIpc) is 2.37. The van der Waals surface area contributed by atoms with Crippen LogP contribution >= 0.6 is 27.7 Å². The van der Waals surface area contributed by atoms with Crippen molar-refractivity contribution in [2.45, 2.75) is 17.4 Å². The number of thioether (sulfide) groups is 1. The first-order valence-corrected chi connectivity index (χ1v) is 7.49. The topological polar surface area (TPSA) is 74.6 Å². The van der Waals surface area contributed by atoms with Crippen LogP contribution < -0.4 is 0 Å². The Morgan fingerprint density at radius 2 is 2.11 bits per heavy atom. The highest BCUT2D eigenvalue weighted by molar-refractivity contribution is 9.09. The maximum Gasteiger partial charge on any atom is 0.337 e. The monoisotopic (exact) mass is 332 g/mol. The first kappa shape index (κ1) is 15.2. The van der Waals surface area contributed by atoms with Gasteiger partial charge in [-0.25, -0.2) is 4.79 Å². The Kier molecular flexibility index (Phi) is 5.84. The number of aliphatic hydroxyl groups is 1. The third-order valence-electron chi connectivity index (χ3n) is 2.42. The number of carboxylic acids is 1. The second kappa shape index (κ2) is 6.92. The van der Waals surface area contributed by atoms with Crippen LogP contribution in [0, 0.1) is 0 Å². The standard InChI is InChI=1S/C12H13BrO4S/c1-18-9-2-3-10(11(15)12(16)17)7(5-9)4-8(14)6-13/h2-3,5,11,15H,4,6H2,1H3,(H,16,17). The molecule has 1 unspecified atom stereocenters. The zero-order valence-corrected chi connectivity index (χ0v) is 12.1. The second-order valence-electron chi connectivity index (χ2n) is 3.65. The Morgan fingerprint density at radius 3 is 2.61 bits per heavy atom. The number of carbonyl (C=O) groups is 2. The summed E-state index contributed by atoms with van der Waals surface area (Å²) in [5, 5.41) is 18.6. The van der Waals surface area contributed by atoms with Gasteiger partial charge in [-0.05, 0) is 29.5 Å². The molecule has 2 N–H and O–H groups in total. The maximum atomic E-state index is 11.4. The fourth-order valence-electron chi connectivity index (χ4n) is 1.52. The zero-order chi connectivity index (χ0) is 13.7. The molecule has 0 bridgehead atoms. The van der Waals surface area contributed by atoms with Gasteiger partial charge in [0.05, 0.1) is 5.33 Å². The van der Waals surface area contributed by atoms with Crippen LogP contribution in [-0.2, 0) is 16.0 Å². The number of alkyl halides is 1. The van der Waals surface area contributed by atoms with Crippen molar-refractivity contribution >= 4 is 39.4 Å². The van der Waals surface area contributed by atoms with Gasteiger partial charge in [0.15, 0.2) is 6.10 Å². The number of aliphatic carboxylic acids is 1. The number of ketones is 1. The summed E-state index contributed by atoms with van der Waals surface area (Å²) in [6.07, 6.45) is 0.400. The van der Waals surface area contributed by atoms with E-state index in [2.05, 4.69) is 15.9 Å². The van der Waals surface area contributed by atoms with Crippen LogP contribution in [0.2, 0.25) is 0 Å². The number of halogens is 1. The quantitative estimate of drug-likeness (QED) is 0.615. The van der Waals surface area contributed by atoms with Crippen molar-refractivity contribution in [3.8, 4) is 0 Å². The third kappa shape index (κ3) is 3.83. The molecule has 1 atom stereocenters. The Labute approximate surface area is 118 Å². The van der Waals surface area contributed by atoms with E-state index in [-0.39, 0.29) is 23.1 Å². The largest absolute Gasteiger partial charge is 0.479 e. The Morgan fingerprint density at radius 1 is 1.44 bits per heavy atom. The van der Waals surface area contributed by atoms with Crippen molar-refractivity contribution in [3.05, 3.63) is 29.3 Å². The van der Waals surface area contributed by atoms with E-state index in [4.69, 9.17) is 5.11 Å². The molecule has 18 heavy (non-hydrogen) atoms. The van der Waals surface area contributed by atoms with E-state index < -0.39 is 12.1 Å². The number of carboxylic acid groups (broad SMARTS) is 1. The van der Waals surface area contributed by atoms with Crippen LogP contribution in [-0.4, -0.2) is 33.6 Å². The van der Waals surface area contributed by atoms with Gasteiger partial charge in [-0.3, -0.25) is 4.79 Å². The highest BCUT2D eigenvalue weighted by atomic mass is 79.9. The van der Waals surface area contributed by atoms with Gasteiger partial charge in [0.1, 0.15) is 5.78 Å². The van der Waals surface area contributed by atoms with E-state index in [9.17, 15) is 14.7 Å². The molecule has 0 saturated heterocycles. The molecule has 0 saturated carbocycles. The van der Waals surface area contributed by atoms with Crippen LogP contribution in [0.1, 0.15) is 17.2 Å². The van der Waals surface area contributed by atoms with Gasteiger partial charge in [0.2, 0.25) is 0 Å². The average molecular weight is 333 g/mol. The molecule has 4 nitrogen and oxygen atoms in total. The lowest BCUT2D eigenvalue weighted by Crippen LogP contribution is -2.15. The highest BCUT2D eigenvalue weighted by Crippen LogP contribution is 2.25.